The third-order valence-corrected chi connectivity index (χ3v) is 4.64. The molecule has 0 atom stereocenters. The predicted octanol–water partition coefficient (Wildman–Crippen LogP) is 2.82. The average molecular weight is 372 g/mol. The van der Waals surface area contributed by atoms with Crippen LogP contribution in [0.3, 0.4) is 0 Å². The molecule has 0 fully saturated rings. The molecule has 0 radical (unpaired) electrons. The number of carbonyl (C=O) groups excluding carboxylic acids is 2. The number of nitrogens with one attached hydrogen (secondary N) is 2. The van der Waals surface area contributed by atoms with Gasteiger partial charge in [-0.1, -0.05) is 12.1 Å². The molecule has 0 aliphatic carbocycles. The van der Waals surface area contributed by atoms with E-state index in [0.29, 0.717) is 25.5 Å². The first kappa shape index (κ1) is 18.1. The van der Waals surface area contributed by atoms with Gasteiger partial charge in [-0.25, -0.2) is 0 Å². The number of thioether (sulfide) groups is 1. The Balaban J connectivity index is 1.45. The SMILES string of the molecule is CC(=O)Nc1ccc(CNC(=O)CSc2ccc3c(c2)OCCO3)cc1. The van der Waals surface area contributed by atoms with Crippen molar-refractivity contribution in [2.45, 2.75) is 18.4 Å². The first-order valence-electron chi connectivity index (χ1n) is 8.26. The van der Waals surface area contributed by atoms with Crippen molar-refractivity contribution >= 4 is 29.3 Å². The zero-order chi connectivity index (χ0) is 18.4. The Morgan fingerprint density at radius 1 is 1.04 bits per heavy atom. The third kappa shape index (κ3) is 5.16. The van der Waals surface area contributed by atoms with E-state index in [1.165, 1.54) is 18.7 Å². The van der Waals surface area contributed by atoms with Crippen molar-refractivity contribution in [1.82, 2.24) is 5.32 Å². The fourth-order valence-electron chi connectivity index (χ4n) is 2.42. The molecule has 2 aromatic rings. The molecule has 0 saturated heterocycles. The Labute approximate surface area is 156 Å². The molecule has 0 unspecified atom stereocenters. The van der Waals surface area contributed by atoms with Crippen molar-refractivity contribution in [3.8, 4) is 11.5 Å². The molecule has 0 spiro atoms. The first-order valence-corrected chi connectivity index (χ1v) is 9.24. The van der Waals surface area contributed by atoms with Crippen molar-refractivity contribution in [3.05, 3.63) is 48.0 Å². The van der Waals surface area contributed by atoms with Crippen LogP contribution in [0.15, 0.2) is 47.4 Å². The lowest BCUT2D eigenvalue weighted by atomic mass is 10.2. The van der Waals surface area contributed by atoms with E-state index in [1.807, 2.05) is 42.5 Å². The number of hydrogen-bond donors (Lipinski definition) is 2. The summed E-state index contributed by atoms with van der Waals surface area (Å²) in [5.41, 5.74) is 1.71. The molecule has 2 amide bonds. The number of anilines is 1. The maximum atomic E-state index is 12.0. The summed E-state index contributed by atoms with van der Waals surface area (Å²) >= 11 is 1.45. The summed E-state index contributed by atoms with van der Waals surface area (Å²) < 4.78 is 11.0. The quantitative estimate of drug-likeness (QED) is 0.763. The number of carbonyl (C=O) groups is 2. The summed E-state index contributed by atoms with van der Waals surface area (Å²) in [6, 6.07) is 13.1. The van der Waals surface area contributed by atoms with Crippen molar-refractivity contribution < 1.29 is 19.1 Å². The van der Waals surface area contributed by atoms with E-state index in [4.69, 9.17) is 9.47 Å². The van der Waals surface area contributed by atoms with Gasteiger partial charge in [0, 0.05) is 24.1 Å². The van der Waals surface area contributed by atoms with E-state index in [9.17, 15) is 9.59 Å². The highest BCUT2D eigenvalue weighted by molar-refractivity contribution is 8.00. The minimum absolute atomic E-state index is 0.0455. The highest BCUT2D eigenvalue weighted by atomic mass is 32.2. The molecule has 0 bridgehead atoms. The van der Waals surface area contributed by atoms with Gasteiger partial charge in [-0.05, 0) is 35.9 Å². The van der Waals surface area contributed by atoms with Gasteiger partial charge in [0.25, 0.3) is 0 Å². The fourth-order valence-corrected chi connectivity index (χ4v) is 3.18. The third-order valence-electron chi connectivity index (χ3n) is 3.65. The molecule has 136 valence electrons. The van der Waals surface area contributed by atoms with Crippen molar-refractivity contribution in [2.24, 2.45) is 0 Å². The largest absolute Gasteiger partial charge is 0.486 e. The molecule has 0 aromatic heterocycles. The van der Waals surface area contributed by atoms with E-state index in [1.54, 1.807) is 0 Å². The smallest absolute Gasteiger partial charge is 0.230 e. The highest BCUT2D eigenvalue weighted by Crippen LogP contribution is 2.34. The van der Waals surface area contributed by atoms with Gasteiger partial charge in [0.15, 0.2) is 11.5 Å². The lowest BCUT2D eigenvalue weighted by Crippen LogP contribution is -2.24. The van der Waals surface area contributed by atoms with Gasteiger partial charge in [-0.15, -0.1) is 11.8 Å². The lowest BCUT2D eigenvalue weighted by molar-refractivity contribution is -0.118. The second-order valence-corrected chi connectivity index (χ2v) is 6.80. The minimum atomic E-state index is -0.109. The molecule has 6 nitrogen and oxygen atoms in total. The zero-order valence-electron chi connectivity index (χ0n) is 14.4. The van der Waals surface area contributed by atoms with E-state index in [-0.39, 0.29) is 11.8 Å². The summed E-state index contributed by atoms with van der Waals surface area (Å²) in [5, 5.41) is 5.60. The standard InChI is InChI=1S/C19H20N2O4S/c1-13(22)21-15-4-2-14(3-5-15)11-20-19(23)12-26-16-6-7-17-18(10-16)25-9-8-24-17/h2-7,10H,8-9,11-12H2,1H3,(H,20,23)(H,21,22). The second kappa shape index (κ2) is 8.62. The number of ether oxygens (including phenoxy) is 2. The van der Waals surface area contributed by atoms with Gasteiger partial charge in [-0.3, -0.25) is 9.59 Å². The summed E-state index contributed by atoms with van der Waals surface area (Å²) in [4.78, 5) is 24.0. The van der Waals surface area contributed by atoms with Gasteiger partial charge >= 0.3 is 0 Å². The van der Waals surface area contributed by atoms with E-state index in [2.05, 4.69) is 10.6 Å². The van der Waals surface area contributed by atoms with Crippen molar-refractivity contribution in [1.29, 1.82) is 0 Å². The van der Waals surface area contributed by atoms with Crippen molar-refractivity contribution in [2.75, 3.05) is 24.3 Å². The number of fused-ring (bicyclic) bond motifs is 1. The molecular formula is C19H20N2O4S. The van der Waals surface area contributed by atoms with Gasteiger partial charge < -0.3 is 20.1 Å². The maximum Gasteiger partial charge on any atom is 0.230 e. The Kier molecular flexibility index (Phi) is 6.01. The Morgan fingerprint density at radius 3 is 2.50 bits per heavy atom. The highest BCUT2D eigenvalue weighted by Gasteiger charge is 2.12. The summed E-state index contributed by atoms with van der Waals surface area (Å²) in [6.07, 6.45) is 0. The molecule has 1 heterocycles. The number of hydrogen-bond acceptors (Lipinski definition) is 5. The van der Waals surface area contributed by atoms with E-state index < -0.39 is 0 Å². The molecule has 0 saturated carbocycles. The summed E-state index contributed by atoms with van der Waals surface area (Å²) in [7, 11) is 0. The van der Waals surface area contributed by atoms with Crippen LogP contribution >= 0.6 is 11.8 Å². The van der Waals surface area contributed by atoms with Crippen LogP contribution in [-0.2, 0) is 16.1 Å². The van der Waals surface area contributed by atoms with Crippen LogP contribution in [0.25, 0.3) is 0 Å². The maximum absolute atomic E-state index is 12.0. The van der Waals surface area contributed by atoms with Gasteiger partial charge in [0.1, 0.15) is 13.2 Å². The molecule has 3 rings (SSSR count). The predicted molar refractivity (Wildman–Crippen MR) is 101 cm³/mol. The monoisotopic (exact) mass is 372 g/mol. The van der Waals surface area contributed by atoms with Gasteiger partial charge in [-0.2, -0.15) is 0 Å². The van der Waals surface area contributed by atoms with Crippen LogP contribution in [0.1, 0.15) is 12.5 Å². The molecule has 1 aliphatic heterocycles. The number of rotatable bonds is 6. The van der Waals surface area contributed by atoms with Crippen LogP contribution in [0.4, 0.5) is 5.69 Å². The van der Waals surface area contributed by atoms with E-state index >= 15 is 0 Å². The molecule has 2 N–H and O–H groups in total. The van der Waals surface area contributed by atoms with Gasteiger partial charge in [0.05, 0.1) is 5.75 Å². The van der Waals surface area contributed by atoms with Crippen LogP contribution in [-0.4, -0.2) is 30.8 Å². The molecular weight excluding hydrogens is 352 g/mol. The zero-order valence-corrected chi connectivity index (χ0v) is 15.2. The Hall–Kier alpha value is -2.67. The van der Waals surface area contributed by atoms with E-state index in [0.717, 1.165) is 27.6 Å². The van der Waals surface area contributed by atoms with Gasteiger partial charge in [0.2, 0.25) is 11.8 Å². The summed E-state index contributed by atoms with van der Waals surface area (Å²) in [5.74, 6) is 1.63. The van der Waals surface area contributed by atoms with Crippen LogP contribution < -0.4 is 20.1 Å². The Morgan fingerprint density at radius 2 is 1.77 bits per heavy atom. The second-order valence-electron chi connectivity index (χ2n) is 5.75. The first-order chi connectivity index (χ1) is 12.6. The van der Waals surface area contributed by atoms with Crippen LogP contribution in [0, 0.1) is 0 Å². The summed E-state index contributed by atoms with van der Waals surface area (Å²) in [6.45, 7) is 3.02. The van der Waals surface area contributed by atoms with Crippen LogP contribution in [0.5, 0.6) is 11.5 Å². The average Bonchev–Trinajstić information content (AvgIpc) is 2.65. The van der Waals surface area contributed by atoms with Crippen LogP contribution in [0.2, 0.25) is 0 Å². The molecule has 2 aromatic carbocycles. The molecule has 7 heteroatoms. The lowest BCUT2D eigenvalue weighted by Gasteiger charge is -2.18. The molecule has 1 aliphatic rings. The number of amides is 2. The Bertz CT molecular complexity index is 793. The topological polar surface area (TPSA) is 76.7 Å². The minimum Gasteiger partial charge on any atom is -0.486 e. The number of benzene rings is 2. The fraction of sp³-hybridized carbons (Fsp3) is 0.263. The molecule has 26 heavy (non-hydrogen) atoms. The van der Waals surface area contributed by atoms with Crippen molar-refractivity contribution in [3.63, 3.8) is 0 Å². The normalized spacial score (nSPS) is 12.3.